The first-order chi connectivity index (χ1) is 11.9. The molecule has 2 aromatic carbocycles. The molecule has 1 heterocycles. The Balaban J connectivity index is 1.78. The summed E-state index contributed by atoms with van der Waals surface area (Å²) in [4.78, 5) is 23.6. The van der Waals surface area contributed by atoms with Crippen LogP contribution in [-0.4, -0.2) is 16.4 Å². The molecule has 3 N–H and O–H groups in total. The van der Waals surface area contributed by atoms with E-state index < -0.39 is 5.91 Å². The largest absolute Gasteiger partial charge is 0.366 e. The number of nitrogens with two attached hydrogens (primary N) is 1. The number of hydrogen-bond acceptors (Lipinski definition) is 2. The summed E-state index contributed by atoms with van der Waals surface area (Å²) in [6.45, 7) is 2.30. The first-order valence-corrected chi connectivity index (χ1v) is 8.17. The molecule has 3 aromatic rings. The van der Waals surface area contributed by atoms with Crippen molar-refractivity contribution in [3.8, 4) is 0 Å². The van der Waals surface area contributed by atoms with Crippen LogP contribution in [-0.2, 0) is 13.6 Å². The Kier molecular flexibility index (Phi) is 4.51. The second-order valence-corrected chi connectivity index (χ2v) is 6.40. The molecular weight excluding hydrogens is 338 g/mol. The van der Waals surface area contributed by atoms with Crippen molar-refractivity contribution in [2.75, 3.05) is 0 Å². The average molecular weight is 356 g/mol. The third-order valence-electron chi connectivity index (χ3n) is 4.25. The van der Waals surface area contributed by atoms with Gasteiger partial charge in [-0.15, -0.1) is 0 Å². The van der Waals surface area contributed by atoms with E-state index in [1.54, 1.807) is 24.3 Å². The van der Waals surface area contributed by atoms with Gasteiger partial charge in [0.05, 0.1) is 0 Å². The molecule has 0 bridgehead atoms. The van der Waals surface area contributed by atoms with Crippen molar-refractivity contribution < 1.29 is 9.59 Å². The molecule has 0 saturated heterocycles. The minimum absolute atomic E-state index is 0.175. The number of hydrogen-bond donors (Lipinski definition) is 2. The highest BCUT2D eigenvalue weighted by atomic mass is 35.5. The van der Waals surface area contributed by atoms with Gasteiger partial charge in [0.2, 0.25) is 5.91 Å². The topological polar surface area (TPSA) is 77.1 Å². The van der Waals surface area contributed by atoms with Crippen LogP contribution in [0.5, 0.6) is 0 Å². The second kappa shape index (κ2) is 6.61. The minimum Gasteiger partial charge on any atom is -0.366 e. The molecule has 0 radical (unpaired) electrons. The van der Waals surface area contributed by atoms with Gasteiger partial charge in [-0.05, 0) is 48.4 Å². The lowest BCUT2D eigenvalue weighted by atomic mass is 10.1. The number of aromatic nitrogens is 1. The molecule has 2 amide bonds. The highest BCUT2D eigenvalue weighted by Gasteiger charge is 2.14. The zero-order valence-corrected chi connectivity index (χ0v) is 14.7. The number of aryl methyl sites for hydroxylation is 2. The third-order valence-corrected chi connectivity index (χ3v) is 4.65. The summed E-state index contributed by atoms with van der Waals surface area (Å²) < 4.78 is 1.83. The van der Waals surface area contributed by atoms with E-state index in [2.05, 4.69) is 5.32 Å². The number of carbonyl (C=O) groups is 2. The molecule has 6 heteroatoms. The van der Waals surface area contributed by atoms with Gasteiger partial charge in [-0.3, -0.25) is 9.59 Å². The fraction of sp³-hybridized carbons (Fsp3) is 0.158. The molecule has 128 valence electrons. The maximum atomic E-state index is 12.5. The third kappa shape index (κ3) is 3.37. The van der Waals surface area contributed by atoms with Gasteiger partial charge in [0.1, 0.15) is 5.69 Å². The number of primary amides is 1. The Hall–Kier alpha value is -2.79. The molecule has 1 aromatic heterocycles. The fourth-order valence-electron chi connectivity index (χ4n) is 2.75. The van der Waals surface area contributed by atoms with E-state index in [0.717, 1.165) is 22.0 Å². The van der Waals surface area contributed by atoms with Crippen molar-refractivity contribution >= 4 is 34.3 Å². The molecule has 0 saturated carbocycles. The Morgan fingerprint density at radius 3 is 2.48 bits per heavy atom. The predicted molar refractivity (Wildman–Crippen MR) is 98.8 cm³/mol. The predicted octanol–water partition coefficient (Wildman–Crippen LogP) is 3.17. The maximum Gasteiger partial charge on any atom is 0.268 e. The van der Waals surface area contributed by atoms with Crippen LogP contribution in [0, 0.1) is 6.92 Å². The van der Waals surface area contributed by atoms with E-state index in [9.17, 15) is 9.59 Å². The van der Waals surface area contributed by atoms with Gasteiger partial charge < -0.3 is 15.6 Å². The van der Waals surface area contributed by atoms with Crippen LogP contribution in [0.1, 0.15) is 32.0 Å². The fourth-order valence-corrected chi connectivity index (χ4v) is 2.91. The average Bonchev–Trinajstić information content (AvgIpc) is 2.90. The molecule has 0 spiro atoms. The van der Waals surface area contributed by atoms with Gasteiger partial charge >= 0.3 is 0 Å². The number of benzene rings is 2. The van der Waals surface area contributed by atoms with Gasteiger partial charge in [-0.1, -0.05) is 23.7 Å². The number of carbonyl (C=O) groups excluding carboxylic acids is 2. The summed E-state index contributed by atoms with van der Waals surface area (Å²) in [5.74, 6) is -0.647. The van der Waals surface area contributed by atoms with E-state index in [1.807, 2.05) is 36.7 Å². The molecule has 0 aliphatic rings. The van der Waals surface area contributed by atoms with Gasteiger partial charge in [-0.25, -0.2) is 0 Å². The molecule has 0 aliphatic carbocycles. The second-order valence-electron chi connectivity index (χ2n) is 5.99. The lowest BCUT2D eigenvalue weighted by Gasteiger charge is -2.07. The van der Waals surface area contributed by atoms with Crippen molar-refractivity contribution in [2.24, 2.45) is 12.8 Å². The van der Waals surface area contributed by atoms with Crippen molar-refractivity contribution in [1.82, 2.24) is 9.88 Å². The van der Waals surface area contributed by atoms with E-state index in [-0.39, 0.29) is 5.91 Å². The number of fused-ring (bicyclic) bond motifs is 1. The van der Waals surface area contributed by atoms with Crippen LogP contribution in [0.3, 0.4) is 0 Å². The van der Waals surface area contributed by atoms with E-state index >= 15 is 0 Å². The Labute approximate surface area is 150 Å². The minimum atomic E-state index is -0.472. The quantitative estimate of drug-likeness (QED) is 0.754. The number of nitrogens with one attached hydrogen (secondary N) is 1. The number of nitrogens with zero attached hydrogens (tertiary/aromatic N) is 1. The lowest BCUT2D eigenvalue weighted by molar-refractivity contribution is 0.0941. The molecule has 0 atom stereocenters. The van der Waals surface area contributed by atoms with Gasteiger partial charge in [-0.2, -0.15) is 0 Å². The van der Waals surface area contributed by atoms with Gasteiger partial charge in [0.25, 0.3) is 5.91 Å². The smallest absolute Gasteiger partial charge is 0.268 e. The standard InChI is InChI=1S/C19H18ClN3O2/c1-11-7-14-8-17(23(2)16(14)9-15(11)20)19(25)22-10-12-3-5-13(6-4-12)18(21)24/h3-9H,10H2,1-2H3,(H2,21,24)(H,22,25). The summed E-state index contributed by atoms with van der Waals surface area (Å²) in [6, 6.07) is 12.5. The molecule has 0 unspecified atom stereocenters. The molecule has 5 nitrogen and oxygen atoms in total. The van der Waals surface area contributed by atoms with Crippen LogP contribution < -0.4 is 11.1 Å². The molecular formula is C19H18ClN3O2. The summed E-state index contributed by atoms with van der Waals surface area (Å²) in [5, 5.41) is 4.53. The lowest BCUT2D eigenvalue weighted by Crippen LogP contribution is -2.24. The van der Waals surface area contributed by atoms with Crippen molar-refractivity contribution in [1.29, 1.82) is 0 Å². The van der Waals surface area contributed by atoms with E-state index in [4.69, 9.17) is 17.3 Å². The summed E-state index contributed by atoms with van der Waals surface area (Å²) in [7, 11) is 1.84. The van der Waals surface area contributed by atoms with Crippen LogP contribution in [0.2, 0.25) is 5.02 Å². The Morgan fingerprint density at radius 1 is 1.16 bits per heavy atom. The van der Waals surface area contributed by atoms with E-state index in [0.29, 0.717) is 22.8 Å². The summed E-state index contributed by atoms with van der Waals surface area (Å²) >= 11 is 6.18. The Bertz CT molecular complexity index is 974. The molecule has 25 heavy (non-hydrogen) atoms. The maximum absolute atomic E-state index is 12.5. The zero-order valence-electron chi connectivity index (χ0n) is 14.0. The van der Waals surface area contributed by atoms with E-state index in [1.165, 1.54) is 0 Å². The highest BCUT2D eigenvalue weighted by molar-refractivity contribution is 6.32. The van der Waals surface area contributed by atoms with Crippen LogP contribution >= 0.6 is 11.6 Å². The molecule has 0 aliphatic heterocycles. The highest BCUT2D eigenvalue weighted by Crippen LogP contribution is 2.26. The monoisotopic (exact) mass is 355 g/mol. The molecule has 0 fully saturated rings. The van der Waals surface area contributed by atoms with Crippen molar-refractivity contribution in [3.63, 3.8) is 0 Å². The van der Waals surface area contributed by atoms with Gasteiger partial charge in [0.15, 0.2) is 0 Å². The SMILES string of the molecule is Cc1cc2cc(C(=O)NCc3ccc(C(N)=O)cc3)n(C)c2cc1Cl. The zero-order chi connectivity index (χ0) is 18.1. The van der Waals surface area contributed by atoms with Crippen LogP contribution in [0.15, 0.2) is 42.5 Å². The first-order valence-electron chi connectivity index (χ1n) is 7.79. The Morgan fingerprint density at radius 2 is 1.84 bits per heavy atom. The van der Waals surface area contributed by atoms with Crippen LogP contribution in [0.25, 0.3) is 10.9 Å². The summed E-state index contributed by atoms with van der Waals surface area (Å²) in [5.41, 5.74) is 8.98. The number of amides is 2. The molecule has 3 rings (SSSR count). The van der Waals surface area contributed by atoms with Crippen molar-refractivity contribution in [2.45, 2.75) is 13.5 Å². The summed E-state index contributed by atoms with van der Waals surface area (Å²) in [6.07, 6.45) is 0. The van der Waals surface area contributed by atoms with Gasteiger partial charge in [0, 0.05) is 35.1 Å². The first kappa shape index (κ1) is 17.0. The van der Waals surface area contributed by atoms with Crippen LogP contribution in [0.4, 0.5) is 0 Å². The normalized spacial score (nSPS) is 10.8. The number of halogens is 1. The van der Waals surface area contributed by atoms with Crippen molar-refractivity contribution in [3.05, 3.63) is 69.9 Å². The number of rotatable bonds is 4.